The summed E-state index contributed by atoms with van der Waals surface area (Å²) in [5.74, 6) is -0.665. The highest BCUT2D eigenvalue weighted by Gasteiger charge is 2.20. The van der Waals surface area contributed by atoms with E-state index in [4.69, 9.17) is 14.2 Å². The predicted molar refractivity (Wildman–Crippen MR) is 63.5 cm³/mol. The molecule has 0 radical (unpaired) electrons. The Morgan fingerprint density at radius 3 is 2.39 bits per heavy atom. The van der Waals surface area contributed by atoms with Crippen molar-refractivity contribution in [3.05, 3.63) is 11.3 Å². The lowest BCUT2D eigenvalue weighted by Gasteiger charge is -2.13. The summed E-state index contributed by atoms with van der Waals surface area (Å²) in [5, 5.41) is 2.59. The van der Waals surface area contributed by atoms with Crippen molar-refractivity contribution >= 4 is 11.9 Å². The molecule has 0 spiro atoms. The van der Waals surface area contributed by atoms with Gasteiger partial charge in [-0.1, -0.05) is 0 Å². The van der Waals surface area contributed by atoms with Crippen LogP contribution in [0.15, 0.2) is 11.3 Å². The van der Waals surface area contributed by atoms with Crippen LogP contribution in [0, 0.1) is 0 Å². The lowest BCUT2D eigenvalue weighted by atomic mass is 10.1. The van der Waals surface area contributed by atoms with Crippen LogP contribution in [0.3, 0.4) is 0 Å². The molecule has 18 heavy (non-hydrogen) atoms. The van der Waals surface area contributed by atoms with E-state index in [1.54, 1.807) is 6.92 Å². The van der Waals surface area contributed by atoms with Crippen molar-refractivity contribution in [2.45, 2.75) is 33.0 Å². The van der Waals surface area contributed by atoms with Gasteiger partial charge in [0, 0.05) is 19.0 Å². The molecule has 1 aliphatic rings. The molecule has 1 amide bonds. The molecule has 0 atom stereocenters. The van der Waals surface area contributed by atoms with Gasteiger partial charge in [-0.3, -0.25) is 4.79 Å². The van der Waals surface area contributed by atoms with Crippen molar-refractivity contribution in [3.8, 4) is 0 Å². The van der Waals surface area contributed by atoms with Gasteiger partial charge in [-0.15, -0.1) is 0 Å². The van der Waals surface area contributed by atoms with E-state index in [0.29, 0.717) is 37.3 Å². The van der Waals surface area contributed by atoms with E-state index in [2.05, 4.69) is 5.32 Å². The van der Waals surface area contributed by atoms with E-state index in [-0.39, 0.29) is 12.2 Å². The second kappa shape index (κ2) is 7.13. The summed E-state index contributed by atoms with van der Waals surface area (Å²) in [6.45, 7) is 4.21. The van der Waals surface area contributed by atoms with Gasteiger partial charge in [-0.25, -0.2) is 4.79 Å². The lowest BCUT2D eigenvalue weighted by Crippen LogP contribution is -2.22. The van der Waals surface area contributed by atoms with Gasteiger partial charge >= 0.3 is 5.97 Å². The Morgan fingerprint density at radius 2 is 1.89 bits per heavy atom. The van der Waals surface area contributed by atoms with Gasteiger partial charge in [-0.05, 0) is 13.3 Å². The van der Waals surface area contributed by atoms with Gasteiger partial charge in [0.2, 0.25) is 5.91 Å². The number of carbonyl (C=O) groups is 2. The van der Waals surface area contributed by atoms with Gasteiger partial charge in [0.05, 0.1) is 25.9 Å². The number of ether oxygens (including phenoxy) is 3. The summed E-state index contributed by atoms with van der Waals surface area (Å²) in [6.07, 6.45) is 0.708. The Bertz CT molecular complexity index is 344. The first-order chi connectivity index (χ1) is 8.54. The molecule has 1 N–H and O–H groups in total. The number of hydrogen-bond donors (Lipinski definition) is 1. The fourth-order valence-electron chi connectivity index (χ4n) is 1.74. The summed E-state index contributed by atoms with van der Waals surface area (Å²) in [5.41, 5.74) is 0.944. The van der Waals surface area contributed by atoms with E-state index in [9.17, 15) is 9.59 Å². The third kappa shape index (κ3) is 4.46. The molecule has 0 bridgehead atoms. The van der Waals surface area contributed by atoms with Crippen LogP contribution in [0.1, 0.15) is 26.7 Å². The molecule has 1 heterocycles. The Kier molecular flexibility index (Phi) is 5.80. The first-order valence-electron chi connectivity index (χ1n) is 5.83. The van der Waals surface area contributed by atoms with Gasteiger partial charge in [-0.2, -0.15) is 0 Å². The van der Waals surface area contributed by atoms with Crippen LogP contribution in [0.25, 0.3) is 0 Å². The number of esters is 1. The summed E-state index contributed by atoms with van der Waals surface area (Å²) in [6, 6.07) is 0. The molecule has 0 aromatic rings. The summed E-state index contributed by atoms with van der Waals surface area (Å²) < 4.78 is 15.3. The zero-order valence-corrected chi connectivity index (χ0v) is 10.9. The molecule has 0 aliphatic carbocycles. The molecule has 0 aromatic carbocycles. The van der Waals surface area contributed by atoms with E-state index in [0.717, 1.165) is 0 Å². The van der Waals surface area contributed by atoms with Crippen molar-refractivity contribution in [1.29, 1.82) is 0 Å². The minimum atomic E-state index is -0.445. The SMILES string of the molecule is COC(=O)/C(CCC1OCCO1)=C(/C)NC(C)=O. The van der Waals surface area contributed by atoms with Crippen molar-refractivity contribution < 1.29 is 23.8 Å². The number of carbonyl (C=O) groups excluding carboxylic acids is 2. The van der Waals surface area contributed by atoms with Crippen molar-refractivity contribution in [3.63, 3.8) is 0 Å². The smallest absolute Gasteiger partial charge is 0.335 e. The number of amides is 1. The van der Waals surface area contributed by atoms with Crippen LogP contribution in [0.2, 0.25) is 0 Å². The molecule has 6 nitrogen and oxygen atoms in total. The first kappa shape index (κ1) is 14.7. The van der Waals surface area contributed by atoms with Crippen LogP contribution < -0.4 is 5.32 Å². The number of hydrogen-bond acceptors (Lipinski definition) is 5. The fourth-order valence-corrected chi connectivity index (χ4v) is 1.74. The number of allylic oxidation sites excluding steroid dienone is 1. The van der Waals surface area contributed by atoms with Crippen LogP contribution in [0.4, 0.5) is 0 Å². The average molecular weight is 257 g/mol. The normalized spacial score (nSPS) is 17.3. The van der Waals surface area contributed by atoms with Crippen molar-refractivity contribution in [1.82, 2.24) is 5.32 Å². The van der Waals surface area contributed by atoms with Crippen molar-refractivity contribution in [2.24, 2.45) is 0 Å². The van der Waals surface area contributed by atoms with E-state index < -0.39 is 5.97 Å². The molecule has 102 valence electrons. The largest absolute Gasteiger partial charge is 0.466 e. The lowest BCUT2D eigenvalue weighted by molar-refractivity contribution is -0.136. The average Bonchev–Trinajstić information content (AvgIpc) is 2.80. The predicted octanol–water partition coefficient (Wildman–Crippen LogP) is 0.723. The molecule has 1 fully saturated rings. The summed E-state index contributed by atoms with van der Waals surface area (Å²) in [7, 11) is 1.31. The Labute approximate surface area is 106 Å². The maximum atomic E-state index is 11.6. The third-order valence-corrected chi connectivity index (χ3v) is 2.57. The molecule has 1 aliphatic heterocycles. The molecule has 0 unspecified atom stereocenters. The minimum Gasteiger partial charge on any atom is -0.466 e. The first-order valence-corrected chi connectivity index (χ1v) is 5.83. The van der Waals surface area contributed by atoms with Crippen LogP contribution in [-0.2, 0) is 23.8 Å². The van der Waals surface area contributed by atoms with Gasteiger partial charge < -0.3 is 19.5 Å². The number of methoxy groups -OCH3 is 1. The molecule has 1 saturated heterocycles. The third-order valence-electron chi connectivity index (χ3n) is 2.57. The molecular formula is C12H19NO5. The molecular weight excluding hydrogens is 238 g/mol. The second-order valence-corrected chi connectivity index (χ2v) is 3.99. The Balaban J connectivity index is 2.65. The number of nitrogens with one attached hydrogen (secondary N) is 1. The minimum absolute atomic E-state index is 0.220. The summed E-state index contributed by atoms with van der Waals surface area (Å²) in [4.78, 5) is 22.6. The monoisotopic (exact) mass is 257 g/mol. The topological polar surface area (TPSA) is 73.9 Å². The Morgan fingerprint density at radius 1 is 1.28 bits per heavy atom. The van der Waals surface area contributed by atoms with Crippen molar-refractivity contribution in [2.75, 3.05) is 20.3 Å². The van der Waals surface area contributed by atoms with Crippen LogP contribution in [-0.4, -0.2) is 38.5 Å². The van der Waals surface area contributed by atoms with Gasteiger partial charge in [0.25, 0.3) is 0 Å². The van der Waals surface area contributed by atoms with Gasteiger partial charge in [0.1, 0.15) is 0 Å². The molecule has 0 aromatic heterocycles. The van der Waals surface area contributed by atoms with Crippen LogP contribution >= 0.6 is 0 Å². The zero-order valence-electron chi connectivity index (χ0n) is 10.9. The second-order valence-electron chi connectivity index (χ2n) is 3.99. The van der Waals surface area contributed by atoms with Crippen LogP contribution in [0.5, 0.6) is 0 Å². The molecule has 1 rings (SSSR count). The molecule has 0 saturated carbocycles. The van der Waals surface area contributed by atoms with E-state index in [1.165, 1.54) is 14.0 Å². The quantitative estimate of drug-likeness (QED) is 0.580. The maximum absolute atomic E-state index is 11.6. The van der Waals surface area contributed by atoms with Gasteiger partial charge in [0.15, 0.2) is 6.29 Å². The summed E-state index contributed by atoms with van der Waals surface area (Å²) >= 11 is 0. The molecule has 6 heteroatoms. The number of rotatable bonds is 5. The van der Waals surface area contributed by atoms with E-state index >= 15 is 0 Å². The maximum Gasteiger partial charge on any atom is 0.335 e. The Hall–Kier alpha value is -1.40. The highest BCUT2D eigenvalue weighted by atomic mass is 16.7. The highest BCUT2D eigenvalue weighted by Crippen LogP contribution is 2.17. The standard InChI is InChI=1S/C12H19NO5/c1-8(13-9(2)14)10(12(15)16-3)4-5-11-17-6-7-18-11/h11H,4-7H2,1-3H3,(H,13,14)/b10-8-. The van der Waals surface area contributed by atoms with E-state index in [1.807, 2.05) is 0 Å². The zero-order chi connectivity index (χ0) is 13.5. The highest BCUT2D eigenvalue weighted by molar-refractivity contribution is 5.90. The fraction of sp³-hybridized carbons (Fsp3) is 0.667.